The van der Waals surface area contributed by atoms with Gasteiger partial charge in [-0.25, -0.2) is 4.98 Å². The highest BCUT2D eigenvalue weighted by Gasteiger charge is 2.27. The van der Waals surface area contributed by atoms with Crippen molar-refractivity contribution >= 4 is 23.5 Å². The lowest BCUT2D eigenvalue weighted by Gasteiger charge is -2.25. The minimum Gasteiger partial charge on any atom is -0.384 e. The first kappa shape index (κ1) is 11.1. The summed E-state index contributed by atoms with van der Waals surface area (Å²) in [6, 6.07) is 2.99. The van der Waals surface area contributed by atoms with Gasteiger partial charge >= 0.3 is 0 Å². The van der Waals surface area contributed by atoms with Crippen molar-refractivity contribution in [2.45, 2.75) is 0 Å². The Bertz CT molecular complexity index is 467. The number of nitrogens with zero attached hydrogens (tertiary/aromatic N) is 2. The maximum absolute atomic E-state index is 11.9. The van der Waals surface area contributed by atoms with Crippen molar-refractivity contribution in [2.24, 2.45) is 0 Å². The number of nitrogen functional groups attached to an aromatic ring is 1. The minimum absolute atomic E-state index is 0.130. The zero-order valence-electron chi connectivity index (χ0n) is 8.84. The number of carbonyl (C=O) groups excluding carboxylic acids is 3. The summed E-state index contributed by atoms with van der Waals surface area (Å²) in [6.07, 6.45) is 1.31. The molecule has 17 heavy (non-hydrogen) atoms. The first-order chi connectivity index (χ1) is 8.06. The quantitative estimate of drug-likeness (QED) is 0.591. The van der Waals surface area contributed by atoms with Crippen molar-refractivity contribution in [1.82, 2.24) is 15.2 Å². The van der Waals surface area contributed by atoms with Gasteiger partial charge in [-0.1, -0.05) is 0 Å². The van der Waals surface area contributed by atoms with Crippen LogP contribution in [0.15, 0.2) is 18.3 Å². The fraction of sp³-hybridized carbons (Fsp3) is 0.200. The fourth-order valence-electron chi connectivity index (χ4n) is 1.50. The summed E-state index contributed by atoms with van der Waals surface area (Å²) in [4.78, 5) is 39.1. The molecule has 7 nitrogen and oxygen atoms in total. The smallest absolute Gasteiger partial charge is 0.256 e. The van der Waals surface area contributed by atoms with Crippen LogP contribution in [0.4, 0.5) is 5.82 Å². The Morgan fingerprint density at radius 1 is 1.29 bits per heavy atom. The second-order valence-corrected chi connectivity index (χ2v) is 3.60. The van der Waals surface area contributed by atoms with Crippen LogP contribution in [0.1, 0.15) is 10.4 Å². The number of pyridine rings is 1. The van der Waals surface area contributed by atoms with E-state index in [4.69, 9.17) is 5.73 Å². The number of anilines is 1. The Labute approximate surface area is 96.6 Å². The maximum Gasteiger partial charge on any atom is 0.256 e. The fourth-order valence-corrected chi connectivity index (χ4v) is 1.50. The van der Waals surface area contributed by atoms with E-state index in [0.717, 1.165) is 4.90 Å². The Morgan fingerprint density at radius 3 is 2.47 bits per heavy atom. The molecule has 1 aromatic heterocycles. The lowest BCUT2D eigenvalue weighted by Crippen LogP contribution is -2.53. The standard InChI is InChI=1S/C10H10N4O3/c11-7-2-1-6(3-12-7)10(17)14-4-8(15)13-9(16)5-14/h1-3H,4-5H2,(H2,11,12)(H,13,15,16). The molecule has 2 heterocycles. The van der Waals surface area contributed by atoms with Gasteiger partial charge in [0.1, 0.15) is 18.9 Å². The van der Waals surface area contributed by atoms with Gasteiger partial charge in [-0.15, -0.1) is 0 Å². The normalized spacial score (nSPS) is 15.6. The third-order valence-corrected chi connectivity index (χ3v) is 2.27. The second kappa shape index (κ2) is 4.20. The number of imide groups is 1. The molecule has 3 amide bonds. The molecule has 0 radical (unpaired) electrons. The van der Waals surface area contributed by atoms with Crippen molar-refractivity contribution in [3.05, 3.63) is 23.9 Å². The van der Waals surface area contributed by atoms with E-state index in [-0.39, 0.29) is 13.1 Å². The number of hydrogen-bond donors (Lipinski definition) is 2. The summed E-state index contributed by atoms with van der Waals surface area (Å²) in [5.41, 5.74) is 5.69. The molecule has 0 aromatic carbocycles. The minimum atomic E-state index is -0.488. The number of carbonyl (C=O) groups is 3. The monoisotopic (exact) mass is 234 g/mol. The van der Waals surface area contributed by atoms with Gasteiger partial charge < -0.3 is 10.6 Å². The van der Waals surface area contributed by atoms with Crippen molar-refractivity contribution in [2.75, 3.05) is 18.8 Å². The molecule has 1 saturated heterocycles. The van der Waals surface area contributed by atoms with E-state index in [2.05, 4.69) is 10.3 Å². The molecule has 0 bridgehead atoms. The van der Waals surface area contributed by atoms with Gasteiger partial charge in [0.15, 0.2) is 0 Å². The summed E-state index contributed by atoms with van der Waals surface area (Å²) in [7, 11) is 0. The van der Waals surface area contributed by atoms with Gasteiger partial charge in [-0.3, -0.25) is 19.7 Å². The molecule has 1 aliphatic heterocycles. The van der Waals surface area contributed by atoms with E-state index >= 15 is 0 Å². The predicted molar refractivity (Wildman–Crippen MR) is 57.7 cm³/mol. The van der Waals surface area contributed by atoms with Crippen LogP contribution in [-0.4, -0.2) is 40.7 Å². The van der Waals surface area contributed by atoms with Crippen LogP contribution >= 0.6 is 0 Å². The molecule has 0 unspecified atom stereocenters. The molecular formula is C10H10N4O3. The van der Waals surface area contributed by atoms with Gasteiger partial charge in [0.2, 0.25) is 11.8 Å². The zero-order valence-corrected chi connectivity index (χ0v) is 8.84. The van der Waals surface area contributed by atoms with Crippen LogP contribution in [0.2, 0.25) is 0 Å². The highest BCUT2D eigenvalue weighted by molar-refractivity contribution is 6.05. The summed E-state index contributed by atoms with van der Waals surface area (Å²) in [5.74, 6) is -1.09. The first-order valence-electron chi connectivity index (χ1n) is 4.90. The molecule has 2 rings (SSSR count). The summed E-state index contributed by atoms with van der Waals surface area (Å²) in [6.45, 7) is -0.260. The summed E-state index contributed by atoms with van der Waals surface area (Å²) >= 11 is 0. The average molecular weight is 234 g/mol. The van der Waals surface area contributed by atoms with E-state index in [1.165, 1.54) is 18.3 Å². The molecule has 1 fully saturated rings. The van der Waals surface area contributed by atoms with Gasteiger partial charge in [0, 0.05) is 6.20 Å². The topological polar surface area (TPSA) is 105 Å². The van der Waals surface area contributed by atoms with E-state index < -0.39 is 17.7 Å². The molecule has 1 aromatic rings. The number of nitrogens with one attached hydrogen (secondary N) is 1. The number of piperazine rings is 1. The molecule has 0 spiro atoms. The predicted octanol–water partition coefficient (Wildman–Crippen LogP) is -1.24. The average Bonchev–Trinajstić information content (AvgIpc) is 2.28. The van der Waals surface area contributed by atoms with E-state index in [1.807, 2.05) is 0 Å². The molecular weight excluding hydrogens is 224 g/mol. The largest absolute Gasteiger partial charge is 0.384 e. The number of aromatic nitrogens is 1. The Kier molecular flexibility index (Phi) is 2.73. The van der Waals surface area contributed by atoms with Crippen LogP contribution in [-0.2, 0) is 9.59 Å². The molecule has 0 atom stereocenters. The van der Waals surface area contributed by atoms with Crippen molar-refractivity contribution in [3.63, 3.8) is 0 Å². The number of amides is 3. The highest BCUT2D eigenvalue weighted by Crippen LogP contribution is 2.07. The first-order valence-corrected chi connectivity index (χ1v) is 4.90. The van der Waals surface area contributed by atoms with Crippen LogP contribution in [0.3, 0.4) is 0 Å². The van der Waals surface area contributed by atoms with Gasteiger partial charge in [-0.05, 0) is 12.1 Å². The number of hydrogen-bond acceptors (Lipinski definition) is 5. The molecule has 7 heteroatoms. The summed E-state index contributed by atoms with van der Waals surface area (Å²) in [5, 5.41) is 2.12. The summed E-state index contributed by atoms with van der Waals surface area (Å²) < 4.78 is 0. The molecule has 0 aliphatic carbocycles. The van der Waals surface area contributed by atoms with Crippen molar-refractivity contribution in [3.8, 4) is 0 Å². The molecule has 88 valence electrons. The van der Waals surface area contributed by atoms with Gasteiger partial charge in [0.25, 0.3) is 5.91 Å². The maximum atomic E-state index is 11.9. The second-order valence-electron chi connectivity index (χ2n) is 3.60. The van der Waals surface area contributed by atoms with E-state index in [0.29, 0.717) is 11.4 Å². The van der Waals surface area contributed by atoms with Gasteiger partial charge in [-0.2, -0.15) is 0 Å². The Hall–Kier alpha value is -2.44. The lowest BCUT2D eigenvalue weighted by atomic mass is 10.2. The van der Waals surface area contributed by atoms with Crippen LogP contribution in [0.25, 0.3) is 0 Å². The highest BCUT2D eigenvalue weighted by atomic mass is 16.2. The molecule has 0 saturated carbocycles. The van der Waals surface area contributed by atoms with E-state index in [1.54, 1.807) is 0 Å². The van der Waals surface area contributed by atoms with E-state index in [9.17, 15) is 14.4 Å². The molecule has 1 aliphatic rings. The van der Waals surface area contributed by atoms with Gasteiger partial charge in [0.05, 0.1) is 5.56 Å². The number of nitrogens with two attached hydrogens (primary N) is 1. The van der Waals surface area contributed by atoms with Crippen molar-refractivity contribution < 1.29 is 14.4 Å². The Morgan fingerprint density at radius 2 is 1.94 bits per heavy atom. The Balaban J connectivity index is 2.17. The van der Waals surface area contributed by atoms with Crippen LogP contribution in [0, 0.1) is 0 Å². The zero-order chi connectivity index (χ0) is 12.4. The lowest BCUT2D eigenvalue weighted by molar-refractivity contribution is -0.135. The number of rotatable bonds is 1. The van der Waals surface area contributed by atoms with Crippen LogP contribution < -0.4 is 11.1 Å². The third-order valence-electron chi connectivity index (χ3n) is 2.27. The third kappa shape index (κ3) is 2.39. The van der Waals surface area contributed by atoms with Crippen LogP contribution in [0.5, 0.6) is 0 Å². The SMILES string of the molecule is Nc1ccc(C(=O)N2CC(=O)NC(=O)C2)cn1. The molecule has 3 N–H and O–H groups in total. The van der Waals surface area contributed by atoms with Crippen molar-refractivity contribution in [1.29, 1.82) is 0 Å².